The predicted molar refractivity (Wildman–Crippen MR) is 115 cm³/mol. The normalized spacial score (nSPS) is 10.8. The van der Waals surface area contributed by atoms with E-state index in [9.17, 15) is 4.79 Å². The number of amides is 1. The highest BCUT2D eigenvalue weighted by atomic mass is 32.2. The van der Waals surface area contributed by atoms with Gasteiger partial charge in [-0.1, -0.05) is 30.0 Å². The van der Waals surface area contributed by atoms with Crippen LogP contribution in [0, 0.1) is 6.92 Å². The van der Waals surface area contributed by atoms with Crippen molar-refractivity contribution >= 4 is 23.4 Å². The summed E-state index contributed by atoms with van der Waals surface area (Å²) in [6.07, 6.45) is 4.31. The maximum atomic E-state index is 12.4. The summed E-state index contributed by atoms with van der Waals surface area (Å²) in [6.45, 7) is 6.03. The Morgan fingerprint density at radius 3 is 2.72 bits per heavy atom. The third kappa shape index (κ3) is 5.88. The number of ether oxygens (including phenoxy) is 1. The summed E-state index contributed by atoms with van der Waals surface area (Å²) >= 11 is 1.38. The Balaban J connectivity index is 1.69. The molecular formula is C21H25N5O2S. The predicted octanol–water partition coefficient (Wildman–Crippen LogP) is 3.81. The number of hydrogen-bond acceptors (Lipinski definition) is 6. The number of nitrogens with one attached hydrogen (secondary N) is 1. The van der Waals surface area contributed by atoms with Gasteiger partial charge in [-0.25, -0.2) is 0 Å². The lowest BCUT2D eigenvalue weighted by Gasteiger charge is -2.11. The molecule has 0 saturated carbocycles. The van der Waals surface area contributed by atoms with E-state index in [1.54, 1.807) is 12.4 Å². The van der Waals surface area contributed by atoms with Gasteiger partial charge >= 0.3 is 0 Å². The third-order valence-electron chi connectivity index (χ3n) is 4.28. The summed E-state index contributed by atoms with van der Waals surface area (Å²) < 4.78 is 7.50. The molecule has 29 heavy (non-hydrogen) atoms. The van der Waals surface area contributed by atoms with Crippen molar-refractivity contribution in [2.24, 2.45) is 0 Å². The summed E-state index contributed by atoms with van der Waals surface area (Å²) in [7, 11) is 0. The van der Waals surface area contributed by atoms with Crippen LogP contribution in [-0.2, 0) is 16.1 Å². The number of anilines is 1. The first-order valence-corrected chi connectivity index (χ1v) is 10.6. The van der Waals surface area contributed by atoms with Crippen LogP contribution < -0.4 is 5.32 Å². The molecule has 7 nitrogen and oxygen atoms in total. The molecule has 0 radical (unpaired) electrons. The zero-order chi connectivity index (χ0) is 20.5. The van der Waals surface area contributed by atoms with Crippen LogP contribution >= 0.6 is 11.8 Å². The fourth-order valence-electron chi connectivity index (χ4n) is 2.81. The van der Waals surface area contributed by atoms with Crippen LogP contribution in [-0.4, -0.2) is 44.6 Å². The van der Waals surface area contributed by atoms with E-state index in [1.807, 2.05) is 54.8 Å². The standard InChI is InChI=1S/C21H25N5O2S/c1-3-28-14-6-13-26-20(17-9-11-22-12-10-17)24-25-21(26)29-15-19(27)23-18-8-5-4-7-16(18)2/h4-5,7-12H,3,6,13-15H2,1-2H3,(H,23,27). The number of nitrogens with zero attached hydrogens (tertiary/aromatic N) is 4. The van der Waals surface area contributed by atoms with Crippen LogP contribution in [0.25, 0.3) is 11.4 Å². The molecule has 0 aliphatic carbocycles. The highest BCUT2D eigenvalue weighted by Crippen LogP contribution is 2.24. The minimum atomic E-state index is -0.0707. The van der Waals surface area contributed by atoms with Crippen LogP contribution in [0.15, 0.2) is 53.9 Å². The zero-order valence-corrected chi connectivity index (χ0v) is 17.5. The van der Waals surface area contributed by atoms with Crippen molar-refractivity contribution in [2.45, 2.75) is 32.0 Å². The van der Waals surface area contributed by atoms with Gasteiger partial charge in [0.05, 0.1) is 5.75 Å². The number of pyridine rings is 1. The van der Waals surface area contributed by atoms with Crippen molar-refractivity contribution in [2.75, 3.05) is 24.3 Å². The van der Waals surface area contributed by atoms with Gasteiger partial charge in [0, 0.05) is 43.4 Å². The van der Waals surface area contributed by atoms with E-state index in [-0.39, 0.29) is 11.7 Å². The number of para-hydroxylation sites is 1. The van der Waals surface area contributed by atoms with Crippen LogP contribution in [0.2, 0.25) is 0 Å². The lowest BCUT2D eigenvalue weighted by Crippen LogP contribution is -2.15. The molecule has 3 aromatic rings. The van der Waals surface area contributed by atoms with E-state index in [4.69, 9.17) is 4.74 Å². The molecule has 0 saturated heterocycles. The molecule has 1 aromatic carbocycles. The summed E-state index contributed by atoms with van der Waals surface area (Å²) in [5, 5.41) is 12.3. The minimum Gasteiger partial charge on any atom is -0.382 e. The van der Waals surface area contributed by atoms with Gasteiger partial charge in [-0.05, 0) is 44.0 Å². The molecule has 152 valence electrons. The molecule has 0 bridgehead atoms. The second kappa shape index (κ2) is 10.7. The second-order valence-electron chi connectivity index (χ2n) is 6.40. The number of carbonyl (C=O) groups excluding carboxylic acids is 1. The van der Waals surface area contributed by atoms with Crippen LogP contribution in [0.3, 0.4) is 0 Å². The number of thioether (sulfide) groups is 1. The summed E-state index contributed by atoms with van der Waals surface area (Å²) in [5.41, 5.74) is 2.80. The van der Waals surface area contributed by atoms with Gasteiger partial charge in [0.1, 0.15) is 0 Å². The molecule has 2 heterocycles. The van der Waals surface area contributed by atoms with Crippen molar-refractivity contribution in [3.8, 4) is 11.4 Å². The van der Waals surface area contributed by atoms with Gasteiger partial charge in [-0.2, -0.15) is 0 Å². The summed E-state index contributed by atoms with van der Waals surface area (Å²) in [6, 6.07) is 11.5. The lowest BCUT2D eigenvalue weighted by atomic mass is 10.2. The van der Waals surface area contributed by atoms with Crippen molar-refractivity contribution in [3.05, 3.63) is 54.4 Å². The summed E-state index contributed by atoms with van der Waals surface area (Å²) in [4.78, 5) is 16.5. The molecule has 0 fully saturated rings. The average Bonchev–Trinajstić information content (AvgIpc) is 3.15. The van der Waals surface area contributed by atoms with E-state index in [0.717, 1.165) is 29.1 Å². The van der Waals surface area contributed by atoms with Crippen molar-refractivity contribution in [1.29, 1.82) is 0 Å². The molecule has 0 aliphatic rings. The molecule has 1 amide bonds. The van der Waals surface area contributed by atoms with Crippen LogP contribution in [0.1, 0.15) is 18.9 Å². The first-order chi connectivity index (χ1) is 14.2. The third-order valence-corrected chi connectivity index (χ3v) is 5.25. The van der Waals surface area contributed by atoms with E-state index in [1.165, 1.54) is 11.8 Å². The molecule has 2 aromatic heterocycles. The van der Waals surface area contributed by atoms with E-state index < -0.39 is 0 Å². The smallest absolute Gasteiger partial charge is 0.234 e. The Bertz CT molecular complexity index is 930. The number of carbonyl (C=O) groups is 1. The highest BCUT2D eigenvalue weighted by Gasteiger charge is 2.16. The number of hydrogen-bond donors (Lipinski definition) is 1. The van der Waals surface area contributed by atoms with E-state index in [2.05, 4.69) is 20.5 Å². The average molecular weight is 412 g/mol. The maximum absolute atomic E-state index is 12.4. The second-order valence-corrected chi connectivity index (χ2v) is 7.34. The van der Waals surface area contributed by atoms with Gasteiger partial charge < -0.3 is 14.6 Å². The first-order valence-electron chi connectivity index (χ1n) is 9.58. The molecule has 3 rings (SSSR count). The van der Waals surface area contributed by atoms with Crippen LogP contribution in [0.5, 0.6) is 0 Å². The molecule has 0 unspecified atom stereocenters. The largest absolute Gasteiger partial charge is 0.382 e. The Labute approximate surface area is 174 Å². The molecule has 0 atom stereocenters. The van der Waals surface area contributed by atoms with Gasteiger partial charge in [-0.15, -0.1) is 10.2 Å². The fraction of sp³-hybridized carbons (Fsp3) is 0.333. The Hall–Kier alpha value is -2.71. The van der Waals surface area contributed by atoms with Gasteiger partial charge in [0.2, 0.25) is 5.91 Å². The molecular weight excluding hydrogens is 386 g/mol. The van der Waals surface area contributed by atoms with Crippen molar-refractivity contribution < 1.29 is 9.53 Å². The van der Waals surface area contributed by atoms with Crippen molar-refractivity contribution in [1.82, 2.24) is 19.7 Å². The van der Waals surface area contributed by atoms with E-state index >= 15 is 0 Å². The van der Waals surface area contributed by atoms with Crippen molar-refractivity contribution in [3.63, 3.8) is 0 Å². The van der Waals surface area contributed by atoms with Gasteiger partial charge in [-0.3, -0.25) is 9.78 Å². The van der Waals surface area contributed by atoms with Gasteiger partial charge in [0.25, 0.3) is 0 Å². The zero-order valence-electron chi connectivity index (χ0n) is 16.7. The molecule has 8 heteroatoms. The highest BCUT2D eigenvalue weighted by molar-refractivity contribution is 7.99. The summed E-state index contributed by atoms with van der Waals surface area (Å²) in [5.74, 6) is 0.957. The topological polar surface area (TPSA) is 81.9 Å². The maximum Gasteiger partial charge on any atom is 0.234 e. The monoisotopic (exact) mass is 411 g/mol. The fourth-order valence-corrected chi connectivity index (χ4v) is 3.57. The molecule has 1 N–H and O–H groups in total. The lowest BCUT2D eigenvalue weighted by molar-refractivity contribution is -0.113. The number of rotatable bonds is 10. The Morgan fingerprint density at radius 1 is 1.17 bits per heavy atom. The SMILES string of the molecule is CCOCCCn1c(SCC(=O)Nc2ccccc2C)nnc1-c1ccncc1. The van der Waals surface area contributed by atoms with E-state index in [0.29, 0.717) is 24.9 Å². The quantitative estimate of drug-likeness (QED) is 0.404. The minimum absolute atomic E-state index is 0.0707. The number of aryl methyl sites for hydroxylation is 1. The number of benzene rings is 1. The Morgan fingerprint density at radius 2 is 1.97 bits per heavy atom. The van der Waals surface area contributed by atoms with Crippen LogP contribution in [0.4, 0.5) is 5.69 Å². The first kappa shape index (κ1) is 21.0. The van der Waals surface area contributed by atoms with Gasteiger partial charge in [0.15, 0.2) is 11.0 Å². The Kier molecular flexibility index (Phi) is 7.77. The number of aromatic nitrogens is 4. The molecule has 0 aliphatic heterocycles. The molecule has 0 spiro atoms.